The van der Waals surface area contributed by atoms with Gasteiger partial charge in [0.15, 0.2) is 0 Å². The van der Waals surface area contributed by atoms with E-state index < -0.39 is 0 Å². The maximum absolute atomic E-state index is 13.3. The van der Waals surface area contributed by atoms with Crippen molar-refractivity contribution in [1.29, 1.82) is 0 Å². The molecule has 2 amide bonds. The summed E-state index contributed by atoms with van der Waals surface area (Å²) in [7, 11) is 0. The Balaban J connectivity index is 1.31. The van der Waals surface area contributed by atoms with Crippen LogP contribution in [0.25, 0.3) is 10.2 Å². The summed E-state index contributed by atoms with van der Waals surface area (Å²) >= 11 is 1.32. The molecule has 27 heavy (non-hydrogen) atoms. The average Bonchev–Trinajstić information content (AvgIpc) is 3.05. The molecule has 5 nitrogen and oxygen atoms in total. The fraction of sp³-hybridized carbons (Fsp3) is 0.263. The van der Waals surface area contributed by atoms with E-state index in [2.05, 4.69) is 10.3 Å². The van der Waals surface area contributed by atoms with Gasteiger partial charge in [-0.2, -0.15) is 0 Å². The van der Waals surface area contributed by atoms with E-state index in [1.807, 2.05) is 0 Å². The number of hydrogen-bond donors (Lipinski definition) is 1. The van der Waals surface area contributed by atoms with E-state index >= 15 is 0 Å². The highest BCUT2D eigenvalue weighted by atomic mass is 32.1. The van der Waals surface area contributed by atoms with E-state index in [0.717, 1.165) is 4.70 Å². The first-order chi connectivity index (χ1) is 13.1. The Morgan fingerprint density at radius 2 is 1.81 bits per heavy atom. The van der Waals surface area contributed by atoms with E-state index in [9.17, 15) is 13.6 Å². The summed E-state index contributed by atoms with van der Waals surface area (Å²) in [5, 5.41) is 3.28. The number of amides is 2. The smallest absolute Gasteiger partial charge is 0.321 e. The number of piperidine rings is 1. The van der Waals surface area contributed by atoms with Crippen molar-refractivity contribution in [3.63, 3.8) is 0 Å². The third kappa shape index (κ3) is 4.16. The van der Waals surface area contributed by atoms with Crippen LogP contribution in [0, 0.1) is 11.6 Å². The molecular formula is C19H17F2N3O2S. The van der Waals surface area contributed by atoms with Crippen molar-refractivity contribution >= 4 is 33.3 Å². The second-order valence-corrected chi connectivity index (χ2v) is 7.33. The topological polar surface area (TPSA) is 54.5 Å². The summed E-state index contributed by atoms with van der Waals surface area (Å²) in [6.45, 7) is 1.11. The Hall–Kier alpha value is -2.74. The Morgan fingerprint density at radius 3 is 2.56 bits per heavy atom. The van der Waals surface area contributed by atoms with Gasteiger partial charge >= 0.3 is 6.03 Å². The molecule has 4 rings (SSSR count). The molecule has 2 aromatic carbocycles. The number of nitrogens with zero attached hydrogens (tertiary/aromatic N) is 2. The van der Waals surface area contributed by atoms with E-state index in [1.165, 1.54) is 47.7 Å². The Bertz CT molecular complexity index is 953. The predicted octanol–water partition coefficient (Wildman–Crippen LogP) is 4.65. The molecule has 0 radical (unpaired) electrons. The van der Waals surface area contributed by atoms with Gasteiger partial charge in [-0.25, -0.2) is 18.6 Å². The molecule has 1 aromatic heterocycles. The molecule has 0 saturated carbocycles. The maximum atomic E-state index is 13.3. The number of fused-ring (bicyclic) bond motifs is 1. The van der Waals surface area contributed by atoms with Gasteiger partial charge in [-0.15, -0.1) is 0 Å². The van der Waals surface area contributed by atoms with Gasteiger partial charge in [0.2, 0.25) is 0 Å². The number of aromatic nitrogens is 1. The zero-order chi connectivity index (χ0) is 18.8. The minimum absolute atomic E-state index is 0.0368. The third-order valence-electron chi connectivity index (χ3n) is 4.42. The first-order valence-corrected chi connectivity index (χ1v) is 9.43. The summed E-state index contributed by atoms with van der Waals surface area (Å²) in [6.07, 6.45) is 1.33. The quantitative estimate of drug-likeness (QED) is 0.709. The number of nitrogens with one attached hydrogen (secondary N) is 1. The molecule has 3 aromatic rings. The van der Waals surface area contributed by atoms with Crippen LogP contribution in [0.15, 0.2) is 42.5 Å². The molecule has 1 aliphatic rings. The number of carbonyl (C=O) groups is 1. The molecule has 1 N–H and O–H groups in total. The van der Waals surface area contributed by atoms with Gasteiger partial charge in [0.25, 0.3) is 5.19 Å². The van der Waals surface area contributed by atoms with Crippen molar-refractivity contribution in [2.75, 3.05) is 18.4 Å². The number of rotatable bonds is 3. The fourth-order valence-corrected chi connectivity index (χ4v) is 3.89. The van der Waals surface area contributed by atoms with Crippen LogP contribution in [0.5, 0.6) is 5.19 Å². The highest BCUT2D eigenvalue weighted by molar-refractivity contribution is 7.20. The zero-order valence-electron chi connectivity index (χ0n) is 14.3. The number of ether oxygens (including phenoxy) is 1. The molecule has 1 aliphatic heterocycles. The normalized spacial score (nSPS) is 15.1. The van der Waals surface area contributed by atoms with Gasteiger partial charge in [0.1, 0.15) is 17.7 Å². The van der Waals surface area contributed by atoms with Gasteiger partial charge in [-0.05, 0) is 42.5 Å². The van der Waals surface area contributed by atoms with Crippen molar-refractivity contribution in [2.24, 2.45) is 0 Å². The lowest BCUT2D eigenvalue weighted by Gasteiger charge is -2.31. The maximum Gasteiger partial charge on any atom is 0.321 e. The molecule has 0 spiro atoms. The van der Waals surface area contributed by atoms with Crippen LogP contribution in [0.2, 0.25) is 0 Å². The number of anilines is 1. The first kappa shape index (κ1) is 17.7. The number of likely N-dealkylation sites (tertiary alicyclic amines) is 1. The second kappa shape index (κ2) is 7.48. The number of carbonyl (C=O) groups excluding carboxylic acids is 1. The number of urea groups is 1. The molecule has 2 heterocycles. The van der Waals surface area contributed by atoms with Crippen LogP contribution in [0.4, 0.5) is 19.3 Å². The minimum atomic E-state index is -0.344. The van der Waals surface area contributed by atoms with Gasteiger partial charge in [-0.1, -0.05) is 11.3 Å². The summed E-state index contributed by atoms with van der Waals surface area (Å²) in [5.41, 5.74) is 1.27. The van der Waals surface area contributed by atoms with Crippen molar-refractivity contribution in [2.45, 2.75) is 18.9 Å². The molecule has 140 valence electrons. The molecule has 0 bridgehead atoms. The molecule has 0 atom stereocenters. The number of hydrogen-bond acceptors (Lipinski definition) is 4. The van der Waals surface area contributed by atoms with E-state index in [0.29, 0.717) is 42.3 Å². The van der Waals surface area contributed by atoms with Gasteiger partial charge < -0.3 is 15.0 Å². The fourth-order valence-electron chi connectivity index (χ4n) is 2.98. The minimum Gasteiger partial charge on any atom is -0.467 e. The van der Waals surface area contributed by atoms with Gasteiger partial charge in [0, 0.05) is 31.6 Å². The van der Waals surface area contributed by atoms with Gasteiger partial charge in [0.05, 0.1) is 10.2 Å². The third-order valence-corrected chi connectivity index (χ3v) is 5.33. The highest BCUT2D eigenvalue weighted by Gasteiger charge is 2.25. The van der Waals surface area contributed by atoms with Crippen LogP contribution in [-0.4, -0.2) is 35.1 Å². The SMILES string of the molecule is O=C(Nc1ccc(F)cc1)N1CCC(Oc2nc3ccc(F)cc3s2)CC1. The van der Waals surface area contributed by atoms with Crippen molar-refractivity contribution in [1.82, 2.24) is 9.88 Å². The number of halogens is 2. The number of benzene rings is 2. The van der Waals surface area contributed by atoms with Crippen LogP contribution in [0.3, 0.4) is 0 Å². The molecule has 1 saturated heterocycles. The van der Waals surface area contributed by atoms with E-state index in [4.69, 9.17) is 4.74 Å². The van der Waals surface area contributed by atoms with Gasteiger partial charge in [-0.3, -0.25) is 0 Å². The molecule has 0 aliphatic carbocycles. The lowest BCUT2D eigenvalue weighted by molar-refractivity contribution is 0.115. The molecular weight excluding hydrogens is 372 g/mol. The van der Waals surface area contributed by atoms with Crippen LogP contribution < -0.4 is 10.1 Å². The summed E-state index contributed by atoms with van der Waals surface area (Å²) in [6, 6.07) is 9.91. The molecule has 0 unspecified atom stereocenters. The van der Waals surface area contributed by atoms with Crippen LogP contribution in [0.1, 0.15) is 12.8 Å². The monoisotopic (exact) mass is 389 g/mol. The second-order valence-electron chi connectivity index (χ2n) is 6.33. The summed E-state index contributed by atoms with van der Waals surface area (Å²) < 4.78 is 32.9. The van der Waals surface area contributed by atoms with Crippen LogP contribution in [-0.2, 0) is 0 Å². The Morgan fingerprint density at radius 1 is 1.11 bits per heavy atom. The largest absolute Gasteiger partial charge is 0.467 e. The predicted molar refractivity (Wildman–Crippen MR) is 100 cm³/mol. The lowest BCUT2D eigenvalue weighted by atomic mass is 10.1. The van der Waals surface area contributed by atoms with Crippen molar-refractivity contribution in [3.05, 3.63) is 54.1 Å². The van der Waals surface area contributed by atoms with Crippen LogP contribution >= 0.6 is 11.3 Å². The standard InChI is InChI=1S/C19H17F2N3O2S/c20-12-1-4-14(5-2-12)22-18(25)24-9-7-15(8-10-24)26-19-23-16-6-3-13(21)11-17(16)27-19/h1-6,11,15H,7-10H2,(H,22,25). The summed E-state index contributed by atoms with van der Waals surface area (Å²) in [5.74, 6) is -0.637. The van der Waals surface area contributed by atoms with Crippen molar-refractivity contribution < 1.29 is 18.3 Å². The zero-order valence-corrected chi connectivity index (χ0v) is 15.1. The highest BCUT2D eigenvalue weighted by Crippen LogP contribution is 2.30. The van der Waals surface area contributed by atoms with E-state index in [-0.39, 0.29) is 23.8 Å². The Labute approximate surface area is 158 Å². The lowest BCUT2D eigenvalue weighted by Crippen LogP contribution is -2.43. The Kier molecular flexibility index (Phi) is 4.89. The number of thiazole rings is 1. The average molecular weight is 389 g/mol. The van der Waals surface area contributed by atoms with Crippen molar-refractivity contribution in [3.8, 4) is 5.19 Å². The first-order valence-electron chi connectivity index (χ1n) is 8.61. The molecule has 1 fully saturated rings. The molecule has 8 heteroatoms. The van der Waals surface area contributed by atoms with E-state index in [1.54, 1.807) is 11.0 Å². The summed E-state index contributed by atoms with van der Waals surface area (Å²) in [4.78, 5) is 18.4.